The zero-order chi connectivity index (χ0) is 23.9. The van der Waals surface area contributed by atoms with Crippen molar-refractivity contribution in [3.05, 3.63) is 71.8 Å². The quantitative estimate of drug-likeness (QED) is 0.512. The second-order valence-electron chi connectivity index (χ2n) is 10.6. The maximum absolute atomic E-state index is 13.0. The van der Waals surface area contributed by atoms with E-state index in [1.54, 1.807) is 0 Å². The molecule has 1 unspecified atom stereocenters. The van der Waals surface area contributed by atoms with Crippen LogP contribution in [-0.4, -0.2) is 53.3 Å². The summed E-state index contributed by atoms with van der Waals surface area (Å²) in [6.07, 6.45) is 0.700. The molecule has 0 radical (unpaired) electrons. The van der Waals surface area contributed by atoms with Crippen LogP contribution in [0.15, 0.2) is 60.7 Å². The summed E-state index contributed by atoms with van der Waals surface area (Å²) in [5.74, 6) is 0.460. The minimum absolute atomic E-state index is 0.238. The highest BCUT2D eigenvalue weighted by Gasteiger charge is 2.44. The predicted molar refractivity (Wildman–Crippen MR) is 133 cm³/mol. The summed E-state index contributed by atoms with van der Waals surface area (Å²) in [5, 5.41) is 0. The van der Waals surface area contributed by atoms with Crippen molar-refractivity contribution >= 4 is 6.09 Å². The highest BCUT2D eigenvalue weighted by Crippen LogP contribution is 2.32. The molecular weight excluding hydrogens is 412 g/mol. The molecule has 0 aliphatic carbocycles. The van der Waals surface area contributed by atoms with E-state index in [1.165, 1.54) is 5.56 Å². The Hall–Kier alpha value is -2.37. The van der Waals surface area contributed by atoms with Crippen LogP contribution in [0.3, 0.4) is 0 Å². The van der Waals surface area contributed by atoms with Gasteiger partial charge in [-0.2, -0.15) is 0 Å². The van der Waals surface area contributed by atoms with Gasteiger partial charge in [-0.15, -0.1) is 0 Å². The van der Waals surface area contributed by atoms with Crippen LogP contribution in [0.1, 0.15) is 52.2 Å². The first-order valence-electron chi connectivity index (χ1n) is 12.1. The van der Waals surface area contributed by atoms with Gasteiger partial charge in [-0.25, -0.2) is 4.79 Å². The molecule has 1 aliphatic rings. The summed E-state index contributed by atoms with van der Waals surface area (Å²) in [6.45, 7) is 14.2. The first-order valence-corrected chi connectivity index (χ1v) is 12.1. The van der Waals surface area contributed by atoms with Crippen molar-refractivity contribution in [2.75, 3.05) is 26.2 Å². The molecule has 0 aromatic heterocycles. The van der Waals surface area contributed by atoms with E-state index in [9.17, 15) is 4.79 Å². The van der Waals surface area contributed by atoms with Gasteiger partial charge in [0.2, 0.25) is 0 Å². The molecule has 1 aliphatic heterocycles. The van der Waals surface area contributed by atoms with Gasteiger partial charge < -0.3 is 14.4 Å². The smallest absolute Gasteiger partial charge is 0.410 e. The normalized spacial score (nSPS) is 19.6. The van der Waals surface area contributed by atoms with Crippen LogP contribution in [0.25, 0.3) is 0 Å². The van der Waals surface area contributed by atoms with Crippen molar-refractivity contribution in [1.29, 1.82) is 0 Å². The number of amides is 1. The molecule has 1 fully saturated rings. The molecule has 0 saturated carbocycles. The Morgan fingerprint density at radius 2 is 1.58 bits per heavy atom. The first-order chi connectivity index (χ1) is 15.7. The van der Waals surface area contributed by atoms with E-state index >= 15 is 0 Å². The summed E-state index contributed by atoms with van der Waals surface area (Å²) in [6, 6.07) is 20.8. The van der Waals surface area contributed by atoms with E-state index in [4.69, 9.17) is 9.47 Å². The van der Waals surface area contributed by atoms with Crippen LogP contribution >= 0.6 is 0 Å². The van der Waals surface area contributed by atoms with Crippen molar-refractivity contribution in [3.8, 4) is 0 Å². The first kappa shape index (κ1) is 25.3. The average molecular weight is 453 g/mol. The molecule has 1 amide bonds. The number of hydrogen-bond donors (Lipinski definition) is 0. The van der Waals surface area contributed by atoms with Crippen LogP contribution in [-0.2, 0) is 22.6 Å². The van der Waals surface area contributed by atoms with Crippen molar-refractivity contribution in [2.45, 2.75) is 65.3 Å². The summed E-state index contributed by atoms with van der Waals surface area (Å²) >= 11 is 0. The highest BCUT2D eigenvalue weighted by molar-refractivity contribution is 5.68. The molecule has 0 spiro atoms. The zero-order valence-electron chi connectivity index (χ0n) is 20.9. The lowest BCUT2D eigenvalue weighted by Crippen LogP contribution is -2.65. The van der Waals surface area contributed by atoms with Gasteiger partial charge in [0.15, 0.2) is 0 Å². The Kier molecular flexibility index (Phi) is 8.55. The van der Waals surface area contributed by atoms with Gasteiger partial charge in [-0.3, -0.25) is 4.90 Å². The van der Waals surface area contributed by atoms with E-state index < -0.39 is 5.60 Å². The number of nitrogens with zero attached hydrogens (tertiary/aromatic N) is 2. The Morgan fingerprint density at radius 3 is 2.15 bits per heavy atom. The van der Waals surface area contributed by atoms with E-state index in [-0.39, 0.29) is 11.6 Å². The fraction of sp³-hybridized carbons (Fsp3) is 0.536. The van der Waals surface area contributed by atoms with Gasteiger partial charge in [-0.05, 0) is 44.2 Å². The maximum atomic E-state index is 13.0. The lowest BCUT2D eigenvalue weighted by atomic mass is 9.85. The summed E-state index contributed by atoms with van der Waals surface area (Å²) in [7, 11) is 0. The summed E-state index contributed by atoms with van der Waals surface area (Å²) in [4.78, 5) is 17.4. The van der Waals surface area contributed by atoms with Crippen molar-refractivity contribution < 1.29 is 14.3 Å². The van der Waals surface area contributed by atoms with E-state index in [2.05, 4.69) is 55.1 Å². The molecule has 180 valence electrons. The topological polar surface area (TPSA) is 42.0 Å². The van der Waals surface area contributed by atoms with Crippen molar-refractivity contribution in [2.24, 2.45) is 5.92 Å². The van der Waals surface area contributed by atoms with Gasteiger partial charge in [0, 0.05) is 26.2 Å². The third kappa shape index (κ3) is 7.58. The fourth-order valence-electron chi connectivity index (χ4n) is 4.63. The Bertz CT molecular complexity index is 864. The molecule has 3 rings (SSSR count). The van der Waals surface area contributed by atoms with Gasteiger partial charge in [-0.1, -0.05) is 74.5 Å². The molecule has 1 atom stereocenters. The molecule has 0 bridgehead atoms. The Balaban J connectivity index is 1.83. The summed E-state index contributed by atoms with van der Waals surface area (Å²) in [5.41, 5.74) is 1.64. The van der Waals surface area contributed by atoms with Gasteiger partial charge >= 0.3 is 6.09 Å². The molecule has 5 heteroatoms. The average Bonchev–Trinajstić information content (AvgIpc) is 2.75. The number of ether oxygens (including phenoxy) is 2. The van der Waals surface area contributed by atoms with Crippen molar-refractivity contribution in [3.63, 3.8) is 0 Å². The molecule has 2 aromatic carbocycles. The maximum Gasteiger partial charge on any atom is 0.410 e. The van der Waals surface area contributed by atoms with Crippen LogP contribution in [0, 0.1) is 5.92 Å². The lowest BCUT2D eigenvalue weighted by molar-refractivity contribution is -0.0792. The van der Waals surface area contributed by atoms with Gasteiger partial charge in [0.05, 0.1) is 18.8 Å². The Labute approximate surface area is 199 Å². The third-order valence-corrected chi connectivity index (χ3v) is 5.93. The van der Waals surface area contributed by atoms with E-state index in [0.29, 0.717) is 32.2 Å². The minimum atomic E-state index is -0.511. The molecule has 2 aromatic rings. The van der Waals surface area contributed by atoms with Gasteiger partial charge in [0.25, 0.3) is 0 Å². The molecule has 1 heterocycles. The third-order valence-electron chi connectivity index (χ3n) is 5.93. The second-order valence-corrected chi connectivity index (χ2v) is 10.6. The number of hydrogen-bond acceptors (Lipinski definition) is 4. The zero-order valence-corrected chi connectivity index (χ0v) is 20.9. The number of rotatable bonds is 8. The van der Waals surface area contributed by atoms with Crippen LogP contribution in [0.2, 0.25) is 0 Å². The predicted octanol–water partition coefficient (Wildman–Crippen LogP) is 5.74. The number of carbonyl (C=O) groups excluding carboxylic acids is 1. The monoisotopic (exact) mass is 452 g/mol. The van der Waals surface area contributed by atoms with Crippen LogP contribution in [0.4, 0.5) is 4.79 Å². The second kappa shape index (κ2) is 11.2. The van der Waals surface area contributed by atoms with E-state index in [1.807, 2.05) is 49.9 Å². The molecule has 0 N–H and O–H groups in total. The van der Waals surface area contributed by atoms with Crippen LogP contribution in [0.5, 0.6) is 0 Å². The Morgan fingerprint density at radius 1 is 0.970 bits per heavy atom. The lowest BCUT2D eigenvalue weighted by Gasteiger charge is -2.51. The SMILES string of the molecule is CC(C)CC1(COCc2ccccc2)CN(C(=O)OC(C)(C)C)CCN1Cc1ccccc1. The summed E-state index contributed by atoms with van der Waals surface area (Å²) < 4.78 is 12.1. The molecular formula is C28H40N2O3. The molecule has 33 heavy (non-hydrogen) atoms. The molecule has 1 saturated heterocycles. The fourth-order valence-corrected chi connectivity index (χ4v) is 4.63. The van der Waals surface area contributed by atoms with E-state index in [0.717, 1.165) is 25.1 Å². The van der Waals surface area contributed by atoms with Crippen molar-refractivity contribution in [1.82, 2.24) is 9.80 Å². The van der Waals surface area contributed by atoms with Gasteiger partial charge in [0.1, 0.15) is 5.60 Å². The number of benzene rings is 2. The highest BCUT2D eigenvalue weighted by atomic mass is 16.6. The standard InChI is InChI=1S/C28H40N2O3/c1-23(2)18-28(22-32-20-25-14-10-7-11-15-25)21-29(26(31)33-27(3,4)5)16-17-30(28)19-24-12-8-6-9-13-24/h6-15,23H,16-22H2,1-5H3. The largest absolute Gasteiger partial charge is 0.444 e. The number of carbonyl (C=O) groups is 1. The minimum Gasteiger partial charge on any atom is -0.444 e. The molecule has 5 nitrogen and oxygen atoms in total. The van der Waals surface area contributed by atoms with Crippen LogP contribution < -0.4 is 0 Å². The number of piperazine rings is 1.